The molecular weight excluding hydrogens is 459 g/mol. The average Bonchev–Trinajstić information content (AvgIpc) is 2.91. The molecule has 2 atom stereocenters. The van der Waals surface area contributed by atoms with Crippen LogP contribution in [0.3, 0.4) is 0 Å². The highest BCUT2D eigenvalue weighted by atomic mass is 19.1. The third-order valence-electron chi connectivity index (χ3n) is 6.70. The van der Waals surface area contributed by atoms with E-state index < -0.39 is 0 Å². The summed E-state index contributed by atoms with van der Waals surface area (Å²) in [6.45, 7) is 1.75. The lowest BCUT2D eigenvalue weighted by Crippen LogP contribution is -2.44. The van der Waals surface area contributed by atoms with Crippen LogP contribution in [0, 0.1) is 29.5 Å². The Kier molecular flexibility index (Phi) is 8.29. The summed E-state index contributed by atoms with van der Waals surface area (Å²) >= 11 is 0. The summed E-state index contributed by atoms with van der Waals surface area (Å²) in [6, 6.07) is 13.4. The van der Waals surface area contributed by atoms with E-state index in [0.29, 0.717) is 42.8 Å². The van der Waals surface area contributed by atoms with Crippen LogP contribution in [0.4, 0.5) is 4.39 Å². The molecule has 1 aromatic heterocycles. The van der Waals surface area contributed by atoms with Crippen LogP contribution in [-0.4, -0.2) is 55.5 Å². The minimum atomic E-state index is -0.332. The van der Waals surface area contributed by atoms with Crippen LogP contribution in [0.15, 0.2) is 54.7 Å². The fourth-order valence-corrected chi connectivity index (χ4v) is 4.74. The van der Waals surface area contributed by atoms with Gasteiger partial charge in [0, 0.05) is 35.7 Å². The third kappa shape index (κ3) is 6.07. The number of halogens is 1. The van der Waals surface area contributed by atoms with Gasteiger partial charge in [-0.05, 0) is 67.8 Å². The predicted molar refractivity (Wildman–Crippen MR) is 135 cm³/mol. The summed E-state index contributed by atoms with van der Waals surface area (Å²) in [5, 5.41) is 0.762. The number of carbonyl (C=O) groups excluding carboxylic acids is 2. The first-order chi connectivity index (χ1) is 17.5. The van der Waals surface area contributed by atoms with Crippen molar-refractivity contribution in [1.29, 1.82) is 0 Å². The Bertz CT molecular complexity index is 1310. The molecule has 186 valence electrons. The number of esters is 1. The number of likely N-dealkylation sites (tertiary alicyclic amines) is 1. The van der Waals surface area contributed by atoms with Crippen LogP contribution < -0.4 is 4.74 Å². The molecule has 1 aliphatic heterocycles. The molecular formula is C29H29FN2O4. The maximum Gasteiger partial charge on any atom is 0.310 e. The number of aromatic nitrogens is 1. The predicted octanol–water partition coefficient (Wildman–Crippen LogP) is 4.51. The number of pyridine rings is 1. The highest BCUT2D eigenvalue weighted by Gasteiger charge is 2.35. The van der Waals surface area contributed by atoms with Crippen LogP contribution in [0.1, 0.15) is 35.2 Å². The Morgan fingerprint density at radius 1 is 1.17 bits per heavy atom. The number of nitrogens with zero attached hydrogens (tertiary/aromatic N) is 2. The van der Waals surface area contributed by atoms with E-state index in [-0.39, 0.29) is 29.4 Å². The van der Waals surface area contributed by atoms with Crippen LogP contribution in [-0.2, 0) is 9.53 Å². The number of ether oxygens (including phenoxy) is 2. The number of hydrogen-bond donors (Lipinski definition) is 0. The summed E-state index contributed by atoms with van der Waals surface area (Å²) < 4.78 is 23.7. The lowest BCUT2D eigenvalue weighted by molar-refractivity contribution is -0.149. The Morgan fingerprint density at radius 3 is 2.81 bits per heavy atom. The molecule has 4 rings (SSSR count). The molecule has 1 fully saturated rings. The number of hydrogen-bond acceptors (Lipinski definition) is 6. The molecule has 0 unspecified atom stereocenters. The number of ketones is 1. The summed E-state index contributed by atoms with van der Waals surface area (Å²) in [6.07, 6.45) is 3.32. The van der Waals surface area contributed by atoms with Gasteiger partial charge >= 0.3 is 5.97 Å². The summed E-state index contributed by atoms with van der Waals surface area (Å²) in [5.74, 6) is 5.86. The molecule has 0 amide bonds. The fraction of sp³-hybridized carbons (Fsp3) is 0.345. The van der Waals surface area contributed by atoms with Crippen molar-refractivity contribution in [2.45, 2.75) is 19.3 Å². The largest absolute Gasteiger partial charge is 0.497 e. The maximum atomic E-state index is 13.4. The normalized spacial score (nSPS) is 17.8. The van der Waals surface area contributed by atoms with E-state index in [1.165, 1.54) is 19.2 Å². The Morgan fingerprint density at radius 2 is 2.03 bits per heavy atom. The number of rotatable bonds is 7. The first kappa shape index (κ1) is 25.3. The first-order valence-corrected chi connectivity index (χ1v) is 12.0. The lowest BCUT2D eigenvalue weighted by Gasteiger charge is -2.36. The number of piperidine rings is 1. The standard InChI is InChI=1S/C29H29FN2O4/c1-35-23-9-10-27-25(18-23)24(12-14-31-27)28(33)11-8-21-13-16-32(19-26(21)29(34)36-2)15-4-6-20-5-3-7-22(30)17-20/h3,5,7,9-10,12,14,17-18,21,26H,8,11,13,15-16,19H2,1-2H3/t21-,26+/m1/s1. The van der Waals surface area contributed by atoms with E-state index in [4.69, 9.17) is 9.47 Å². The van der Waals surface area contributed by atoms with E-state index in [9.17, 15) is 14.0 Å². The molecule has 36 heavy (non-hydrogen) atoms. The topological polar surface area (TPSA) is 68.7 Å². The van der Waals surface area contributed by atoms with Crippen LogP contribution in [0.2, 0.25) is 0 Å². The van der Waals surface area contributed by atoms with Crippen molar-refractivity contribution < 1.29 is 23.5 Å². The summed E-state index contributed by atoms with van der Waals surface area (Å²) in [7, 11) is 2.98. The zero-order valence-corrected chi connectivity index (χ0v) is 20.5. The molecule has 0 saturated carbocycles. The van der Waals surface area contributed by atoms with Gasteiger partial charge < -0.3 is 9.47 Å². The Hall–Kier alpha value is -3.76. The molecule has 7 heteroatoms. The monoisotopic (exact) mass is 488 g/mol. The Balaban J connectivity index is 1.40. The van der Waals surface area contributed by atoms with Crippen molar-refractivity contribution in [3.63, 3.8) is 0 Å². The third-order valence-corrected chi connectivity index (χ3v) is 6.70. The van der Waals surface area contributed by atoms with Gasteiger partial charge in [-0.1, -0.05) is 17.9 Å². The van der Waals surface area contributed by atoms with E-state index in [0.717, 1.165) is 23.9 Å². The van der Waals surface area contributed by atoms with Gasteiger partial charge in [0.05, 0.1) is 32.2 Å². The highest BCUT2D eigenvalue weighted by Crippen LogP contribution is 2.30. The maximum absolute atomic E-state index is 13.4. The van der Waals surface area contributed by atoms with Gasteiger partial charge in [0.1, 0.15) is 11.6 Å². The number of methoxy groups -OCH3 is 2. The molecule has 3 aromatic rings. The molecule has 0 bridgehead atoms. The van der Waals surface area contributed by atoms with Crippen LogP contribution in [0.5, 0.6) is 5.75 Å². The molecule has 1 aliphatic rings. The number of fused-ring (bicyclic) bond motifs is 1. The summed E-state index contributed by atoms with van der Waals surface area (Å²) in [4.78, 5) is 32.2. The van der Waals surface area contributed by atoms with Gasteiger partial charge in [-0.2, -0.15) is 0 Å². The number of benzene rings is 2. The van der Waals surface area contributed by atoms with Crippen molar-refractivity contribution in [3.05, 3.63) is 71.7 Å². The lowest BCUT2D eigenvalue weighted by atomic mass is 9.81. The zero-order chi connectivity index (χ0) is 25.5. The molecule has 2 heterocycles. The molecule has 6 nitrogen and oxygen atoms in total. The second-order valence-corrected chi connectivity index (χ2v) is 8.93. The zero-order valence-electron chi connectivity index (χ0n) is 20.5. The average molecular weight is 489 g/mol. The molecule has 0 radical (unpaired) electrons. The fourth-order valence-electron chi connectivity index (χ4n) is 4.74. The summed E-state index contributed by atoms with van der Waals surface area (Å²) in [5.41, 5.74) is 1.97. The highest BCUT2D eigenvalue weighted by molar-refractivity contribution is 6.07. The SMILES string of the molecule is COC(=O)[C@H]1CN(CC#Cc2cccc(F)c2)CC[C@H]1CCC(=O)c1ccnc2ccc(OC)cc12. The second-order valence-electron chi connectivity index (χ2n) is 8.93. The van der Waals surface area contributed by atoms with Gasteiger partial charge in [0.25, 0.3) is 0 Å². The van der Waals surface area contributed by atoms with Crippen molar-refractivity contribution in [3.8, 4) is 17.6 Å². The molecule has 0 spiro atoms. The molecule has 1 saturated heterocycles. The van der Waals surface area contributed by atoms with E-state index >= 15 is 0 Å². The molecule has 2 aromatic carbocycles. The number of carbonyl (C=O) groups is 2. The van der Waals surface area contributed by atoms with Crippen molar-refractivity contribution in [1.82, 2.24) is 9.88 Å². The van der Waals surface area contributed by atoms with E-state index in [2.05, 4.69) is 21.7 Å². The van der Waals surface area contributed by atoms with Gasteiger partial charge in [-0.15, -0.1) is 0 Å². The minimum absolute atomic E-state index is 0.0164. The molecule has 0 aliphatic carbocycles. The van der Waals surface area contributed by atoms with Crippen molar-refractivity contribution in [2.75, 3.05) is 33.9 Å². The quantitative estimate of drug-likeness (QED) is 0.277. The van der Waals surface area contributed by atoms with E-state index in [1.807, 2.05) is 18.2 Å². The van der Waals surface area contributed by atoms with Gasteiger partial charge in [-0.25, -0.2) is 4.39 Å². The van der Waals surface area contributed by atoms with Crippen LogP contribution >= 0.6 is 0 Å². The van der Waals surface area contributed by atoms with Gasteiger partial charge in [-0.3, -0.25) is 19.5 Å². The minimum Gasteiger partial charge on any atom is -0.497 e. The van der Waals surface area contributed by atoms with Crippen molar-refractivity contribution >= 4 is 22.7 Å². The van der Waals surface area contributed by atoms with E-state index in [1.54, 1.807) is 31.5 Å². The van der Waals surface area contributed by atoms with Gasteiger partial charge in [0.2, 0.25) is 0 Å². The van der Waals surface area contributed by atoms with Crippen molar-refractivity contribution in [2.24, 2.45) is 11.8 Å². The first-order valence-electron chi connectivity index (χ1n) is 12.0. The number of Topliss-reactive ketones (excluding diaryl/α,β-unsaturated/α-hetero) is 1. The Labute approximate surface area is 210 Å². The van der Waals surface area contributed by atoms with Crippen LogP contribution in [0.25, 0.3) is 10.9 Å². The smallest absolute Gasteiger partial charge is 0.310 e. The second kappa shape index (κ2) is 11.8. The molecule has 0 N–H and O–H groups in total. The van der Waals surface area contributed by atoms with Gasteiger partial charge in [0.15, 0.2) is 5.78 Å².